The van der Waals surface area contributed by atoms with E-state index in [9.17, 15) is 25.0 Å². The van der Waals surface area contributed by atoms with Gasteiger partial charge in [-0.05, 0) is 12.1 Å². The number of aromatic amines is 1. The quantitative estimate of drug-likeness (QED) is 0.667. The molecular formula is C11H7N3O5. The van der Waals surface area contributed by atoms with Crippen LogP contribution in [-0.2, 0) is 0 Å². The Labute approximate surface area is 105 Å². The molecular weight excluding hydrogens is 254 g/mol. The maximum Gasteiger partial charge on any atom is 0.285 e. The summed E-state index contributed by atoms with van der Waals surface area (Å²) in [7, 11) is 0. The molecule has 96 valence electrons. The fourth-order valence-corrected chi connectivity index (χ4v) is 1.62. The van der Waals surface area contributed by atoms with Gasteiger partial charge in [0.2, 0.25) is 5.56 Å². The molecule has 8 heteroatoms. The number of nitrogens with one attached hydrogen (secondary N) is 1. The Kier molecular flexibility index (Phi) is 3.06. The molecule has 2 rings (SSSR count). The lowest BCUT2D eigenvalue weighted by Gasteiger charge is -2.02. The Morgan fingerprint density at radius 1 is 1.00 bits per heavy atom. The molecule has 0 radical (unpaired) electrons. The van der Waals surface area contributed by atoms with Crippen LogP contribution in [0, 0.1) is 20.2 Å². The summed E-state index contributed by atoms with van der Waals surface area (Å²) in [5, 5.41) is 21.5. The molecule has 0 saturated carbocycles. The highest BCUT2D eigenvalue weighted by Crippen LogP contribution is 2.31. The van der Waals surface area contributed by atoms with Crippen LogP contribution in [0.1, 0.15) is 0 Å². The molecule has 0 unspecified atom stereocenters. The molecule has 1 heterocycles. The van der Waals surface area contributed by atoms with Crippen molar-refractivity contribution in [2.75, 3.05) is 0 Å². The Morgan fingerprint density at radius 3 is 2.32 bits per heavy atom. The summed E-state index contributed by atoms with van der Waals surface area (Å²) in [5.41, 5.74) is -0.877. The molecule has 0 aliphatic heterocycles. The van der Waals surface area contributed by atoms with Gasteiger partial charge < -0.3 is 4.98 Å². The van der Waals surface area contributed by atoms with Crippen LogP contribution >= 0.6 is 0 Å². The van der Waals surface area contributed by atoms with Gasteiger partial charge in [0.15, 0.2) is 0 Å². The number of nitrogens with zero attached hydrogens (tertiary/aromatic N) is 2. The van der Waals surface area contributed by atoms with Crippen LogP contribution in [0.2, 0.25) is 0 Å². The number of hydrogen-bond donors (Lipinski definition) is 1. The maximum absolute atomic E-state index is 11.2. The second kappa shape index (κ2) is 4.69. The van der Waals surface area contributed by atoms with Crippen molar-refractivity contribution in [2.45, 2.75) is 0 Å². The van der Waals surface area contributed by atoms with E-state index in [1.54, 1.807) is 0 Å². The highest BCUT2D eigenvalue weighted by atomic mass is 16.6. The minimum atomic E-state index is -0.729. The van der Waals surface area contributed by atoms with Crippen molar-refractivity contribution >= 4 is 11.4 Å². The molecule has 19 heavy (non-hydrogen) atoms. The van der Waals surface area contributed by atoms with E-state index in [0.717, 1.165) is 12.1 Å². The van der Waals surface area contributed by atoms with Gasteiger partial charge in [-0.2, -0.15) is 0 Å². The van der Waals surface area contributed by atoms with Crippen LogP contribution < -0.4 is 5.56 Å². The number of H-pyrrole nitrogens is 1. The Morgan fingerprint density at radius 2 is 1.74 bits per heavy atom. The van der Waals surface area contributed by atoms with Crippen LogP contribution in [0.5, 0.6) is 0 Å². The summed E-state index contributed by atoms with van der Waals surface area (Å²) in [6, 6.07) is 7.44. The first-order valence-corrected chi connectivity index (χ1v) is 5.11. The Hall–Kier alpha value is -3.03. The Balaban J connectivity index is 2.67. The van der Waals surface area contributed by atoms with Gasteiger partial charge in [0.25, 0.3) is 11.4 Å². The maximum atomic E-state index is 11.2. The molecule has 0 amide bonds. The van der Waals surface area contributed by atoms with Crippen molar-refractivity contribution in [3.05, 3.63) is 67.0 Å². The van der Waals surface area contributed by atoms with Gasteiger partial charge in [-0.3, -0.25) is 25.0 Å². The van der Waals surface area contributed by atoms with E-state index in [1.165, 1.54) is 24.3 Å². The zero-order valence-electron chi connectivity index (χ0n) is 9.40. The molecule has 0 bridgehead atoms. The van der Waals surface area contributed by atoms with Gasteiger partial charge in [-0.15, -0.1) is 0 Å². The van der Waals surface area contributed by atoms with Gasteiger partial charge in [-0.25, -0.2) is 0 Å². The van der Waals surface area contributed by atoms with Crippen molar-refractivity contribution in [1.82, 2.24) is 4.98 Å². The normalized spacial score (nSPS) is 10.1. The summed E-state index contributed by atoms with van der Waals surface area (Å²) in [6.07, 6.45) is 0. The van der Waals surface area contributed by atoms with E-state index in [2.05, 4.69) is 4.98 Å². The standard InChI is InChI=1S/C11H7N3O5/c15-11-3-1-2-9(12-11)8-5-4-7(13(16)17)6-10(8)14(18)19/h1-6H,(H,12,15). The lowest BCUT2D eigenvalue weighted by atomic mass is 10.1. The van der Waals surface area contributed by atoms with Gasteiger partial charge >= 0.3 is 0 Å². The molecule has 0 aliphatic carbocycles. The predicted molar refractivity (Wildman–Crippen MR) is 65.8 cm³/mol. The number of nitro groups is 2. The van der Waals surface area contributed by atoms with E-state index in [1.807, 2.05) is 0 Å². The number of aromatic nitrogens is 1. The van der Waals surface area contributed by atoms with E-state index < -0.39 is 21.1 Å². The fourth-order valence-electron chi connectivity index (χ4n) is 1.62. The van der Waals surface area contributed by atoms with Gasteiger partial charge in [-0.1, -0.05) is 6.07 Å². The molecule has 1 aromatic carbocycles. The number of pyridine rings is 1. The first-order chi connectivity index (χ1) is 8.99. The topological polar surface area (TPSA) is 119 Å². The minimum Gasteiger partial charge on any atom is -0.322 e. The molecule has 0 spiro atoms. The fraction of sp³-hybridized carbons (Fsp3) is 0. The average molecular weight is 261 g/mol. The number of hydrogen-bond acceptors (Lipinski definition) is 5. The minimum absolute atomic E-state index is 0.119. The SMILES string of the molecule is O=c1cccc(-c2ccc([N+](=O)[O-])cc2[N+](=O)[O-])[nH]1. The monoisotopic (exact) mass is 261 g/mol. The summed E-state index contributed by atoms with van der Waals surface area (Å²) < 4.78 is 0. The number of nitro benzene ring substituents is 2. The number of benzene rings is 1. The van der Waals surface area contributed by atoms with Gasteiger partial charge in [0.05, 0.1) is 27.2 Å². The highest BCUT2D eigenvalue weighted by Gasteiger charge is 2.20. The number of non-ortho nitro benzene ring substituents is 1. The molecule has 8 nitrogen and oxygen atoms in total. The summed E-state index contributed by atoms with van der Waals surface area (Å²) in [5.74, 6) is 0. The third-order valence-electron chi connectivity index (χ3n) is 2.45. The molecule has 0 saturated heterocycles. The van der Waals surface area contributed by atoms with Crippen LogP contribution in [0.15, 0.2) is 41.2 Å². The predicted octanol–water partition coefficient (Wildman–Crippen LogP) is 1.86. The zero-order chi connectivity index (χ0) is 14.0. The largest absolute Gasteiger partial charge is 0.322 e. The van der Waals surface area contributed by atoms with E-state index in [4.69, 9.17) is 0 Å². The van der Waals surface area contributed by atoms with Crippen molar-refractivity contribution < 1.29 is 9.85 Å². The van der Waals surface area contributed by atoms with E-state index in [0.29, 0.717) is 0 Å². The molecule has 2 aromatic rings. The highest BCUT2D eigenvalue weighted by molar-refractivity contribution is 5.72. The smallest absolute Gasteiger partial charge is 0.285 e. The van der Waals surface area contributed by atoms with Crippen LogP contribution in [0.3, 0.4) is 0 Å². The third kappa shape index (κ3) is 2.46. The van der Waals surface area contributed by atoms with E-state index in [-0.39, 0.29) is 16.9 Å². The van der Waals surface area contributed by atoms with Gasteiger partial charge in [0, 0.05) is 12.1 Å². The lowest BCUT2D eigenvalue weighted by molar-refractivity contribution is -0.393. The van der Waals surface area contributed by atoms with Crippen LogP contribution in [0.25, 0.3) is 11.3 Å². The van der Waals surface area contributed by atoms with Gasteiger partial charge in [0.1, 0.15) is 0 Å². The third-order valence-corrected chi connectivity index (χ3v) is 2.45. The molecule has 0 atom stereocenters. The molecule has 0 fully saturated rings. The summed E-state index contributed by atoms with van der Waals surface area (Å²) in [4.78, 5) is 33.7. The first kappa shape index (κ1) is 12.4. The van der Waals surface area contributed by atoms with E-state index >= 15 is 0 Å². The second-order valence-corrected chi connectivity index (χ2v) is 3.64. The first-order valence-electron chi connectivity index (χ1n) is 5.11. The molecule has 1 aromatic heterocycles. The van der Waals surface area contributed by atoms with Crippen molar-refractivity contribution in [2.24, 2.45) is 0 Å². The van der Waals surface area contributed by atoms with Crippen LogP contribution in [-0.4, -0.2) is 14.8 Å². The Bertz CT molecular complexity index is 722. The second-order valence-electron chi connectivity index (χ2n) is 3.64. The summed E-state index contributed by atoms with van der Waals surface area (Å²) >= 11 is 0. The number of rotatable bonds is 3. The summed E-state index contributed by atoms with van der Waals surface area (Å²) in [6.45, 7) is 0. The van der Waals surface area contributed by atoms with Crippen molar-refractivity contribution in [3.63, 3.8) is 0 Å². The molecule has 0 aliphatic rings. The lowest BCUT2D eigenvalue weighted by Crippen LogP contribution is -2.04. The van der Waals surface area contributed by atoms with Crippen molar-refractivity contribution in [3.8, 4) is 11.3 Å². The average Bonchev–Trinajstić information content (AvgIpc) is 2.37. The molecule has 1 N–H and O–H groups in total. The zero-order valence-corrected chi connectivity index (χ0v) is 9.40. The van der Waals surface area contributed by atoms with Crippen LogP contribution in [0.4, 0.5) is 11.4 Å². The van der Waals surface area contributed by atoms with Crippen molar-refractivity contribution in [1.29, 1.82) is 0 Å².